The van der Waals surface area contributed by atoms with Crippen molar-refractivity contribution in [1.29, 1.82) is 0 Å². The van der Waals surface area contributed by atoms with E-state index in [1.165, 1.54) is 22.6 Å². The van der Waals surface area contributed by atoms with Crippen molar-refractivity contribution in [2.75, 3.05) is 37.6 Å². The molecule has 6 nitrogen and oxygen atoms in total. The Bertz CT molecular complexity index is 812. The number of hydrogen-bond donors (Lipinski definition) is 1. The molecule has 3 rings (SSSR count). The molecule has 2 aromatic rings. The van der Waals surface area contributed by atoms with Crippen LogP contribution in [0, 0.1) is 6.92 Å². The average Bonchev–Trinajstić information content (AvgIpc) is 3.19. The molecule has 0 bridgehead atoms. The third-order valence-corrected chi connectivity index (χ3v) is 5.53. The molecule has 1 aliphatic rings. The van der Waals surface area contributed by atoms with E-state index in [0.29, 0.717) is 13.1 Å². The summed E-state index contributed by atoms with van der Waals surface area (Å²) in [5.41, 5.74) is 2.41. The number of piperazine rings is 1. The molecular weight excluding hydrogens is 362 g/mol. The van der Waals surface area contributed by atoms with E-state index in [1.807, 2.05) is 29.6 Å². The number of nitrogens with zero attached hydrogens (tertiary/aromatic N) is 2. The van der Waals surface area contributed by atoms with Crippen LogP contribution in [0.1, 0.15) is 10.4 Å². The van der Waals surface area contributed by atoms with E-state index in [2.05, 4.69) is 29.3 Å². The van der Waals surface area contributed by atoms with Gasteiger partial charge in [0.2, 0.25) is 11.7 Å². The van der Waals surface area contributed by atoms with Crippen LogP contribution in [0.4, 0.5) is 5.69 Å². The average molecular weight is 385 g/mol. The van der Waals surface area contributed by atoms with E-state index in [0.717, 1.165) is 18.0 Å². The van der Waals surface area contributed by atoms with Crippen molar-refractivity contribution in [1.82, 2.24) is 10.2 Å². The highest BCUT2D eigenvalue weighted by molar-refractivity contribution is 7.10. The Morgan fingerprint density at radius 1 is 1.04 bits per heavy atom. The summed E-state index contributed by atoms with van der Waals surface area (Å²) in [5.74, 6) is -1.37. The number of carbonyl (C=O) groups excluding carboxylic acids is 3. The molecule has 7 heteroatoms. The van der Waals surface area contributed by atoms with Gasteiger partial charge in [0.1, 0.15) is 0 Å². The predicted octanol–water partition coefficient (Wildman–Crippen LogP) is 1.63. The zero-order valence-corrected chi connectivity index (χ0v) is 16.1. The maximum absolute atomic E-state index is 12.3. The highest BCUT2D eigenvalue weighted by Crippen LogP contribution is 2.20. The summed E-state index contributed by atoms with van der Waals surface area (Å²) in [6.07, 6.45) is 0.0762. The van der Waals surface area contributed by atoms with Crippen LogP contribution in [0.25, 0.3) is 0 Å². The first-order valence-corrected chi connectivity index (χ1v) is 9.84. The molecule has 27 heavy (non-hydrogen) atoms. The number of nitrogens with one attached hydrogen (secondary N) is 1. The van der Waals surface area contributed by atoms with Crippen LogP contribution in [-0.2, 0) is 20.8 Å². The number of benzene rings is 1. The minimum Gasteiger partial charge on any atom is -0.368 e. The number of rotatable bonds is 6. The van der Waals surface area contributed by atoms with Crippen molar-refractivity contribution < 1.29 is 14.4 Å². The van der Waals surface area contributed by atoms with Crippen LogP contribution < -0.4 is 10.2 Å². The number of anilines is 1. The third kappa shape index (κ3) is 4.95. The summed E-state index contributed by atoms with van der Waals surface area (Å²) in [6.45, 7) is 4.65. The Morgan fingerprint density at radius 2 is 1.78 bits per heavy atom. The van der Waals surface area contributed by atoms with Crippen LogP contribution >= 0.6 is 11.3 Å². The monoisotopic (exact) mass is 385 g/mol. The Hall–Kier alpha value is -2.67. The van der Waals surface area contributed by atoms with Gasteiger partial charge in [-0.2, -0.15) is 0 Å². The Morgan fingerprint density at radius 3 is 2.44 bits per heavy atom. The largest absolute Gasteiger partial charge is 0.368 e. The van der Waals surface area contributed by atoms with Gasteiger partial charge >= 0.3 is 0 Å². The highest BCUT2D eigenvalue weighted by Gasteiger charge is 2.23. The summed E-state index contributed by atoms with van der Waals surface area (Å²) < 4.78 is 0. The lowest BCUT2D eigenvalue weighted by Gasteiger charge is -2.36. The lowest BCUT2D eigenvalue weighted by Crippen LogP contribution is -2.51. The van der Waals surface area contributed by atoms with Gasteiger partial charge in [0.05, 0.1) is 13.0 Å². The maximum Gasteiger partial charge on any atom is 0.288 e. The fraction of sp³-hybridized carbons (Fsp3) is 0.350. The van der Waals surface area contributed by atoms with Crippen LogP contribution in [0.3, 0.4) is 0 Å². The summed E-state index contributed by atoms with van der Waals surface area (Å²) in [4.78, 5) is 41.0. The third-order valence-electron chi connectivity index (χ3n) is 4.66. The van der Waals surface area contributed by atoms with Crippen molar-refractivity contribution in [3.05, 3.63) is 52.2 Å². The molecule has 0 aliphatic carbocycles. The van der Waals surface area contributed by atoms with Gasteiger partial charge in [0, 0.05) is 36.7 Å². The molecule has 1 aromatic carbocycles. The summed E-state index contributed by atoms with van der Waals surface area (Å²) in [7, 11) is 0. The number of ketones is 1. The van der Waals surface area contributed by atoms with Gasteiger partial charge in [-0.15, -0.1) is 11.3 Å². The van der Waals surface area contributed by atoms with E-state index >= 15 is 0 Å². The summed E-state index contributed by atoms with van der Waals surface area (Å²) >= 11 is 1.43. The van der Waals surface area contributed by atoms with E-state index in [-0.39, 0.29) is 18.9 Å². The maximum atomic E-state index is 12.3. The lowest BCUT2D eigenvalue weighted by atomic mass is 10.1. The number of aryl methyl sites for hydroxylation is 1. The second kappa shape index (κ2) is 8.81. The molecule has 2 amide bonds. The van der Waals surface area contributed by atoms with E-state index < -0.39 is 11.7 Å². The molecule has 0 spiro atoms. The fourth-order valence-corrected chi connectivity index (χ4v) is 3.84. The minimum absolute atomic E-state index is 0.0762. The first kappa shape index (κ1) is 19.1. The molecule has 0 unspecified atom stereocenters. The zero-order chi connectivity index (χ0) is 19.2. The molecule has 0 saturated carbocycles. The number of para-hydroxylation sites is 1. The molecular formula is C20H23N3O3S. The number of amides is 2. The van der Waals surface area contributed by atoms with Gasteiger partial charge in [-0.05, 0) is 30.0 Å². The SMILES string of the molecule is Cc1ccccc1N1CCN(C(=O)CNC(=O)C(=O)Cc2cccs2)CC1. The molecule has 142 valence electrons. The van der Waals surface area contributed by atoms with Crippen molar-refractivity contribution in [2.24, 2.45) is 0 Å². The van der Waals surface area contributed by atoms with Gasteiger partial charge in [0.15, 0.2) is 0 Å². The van der Waals surface area contributed by atoms with Crippen LogP contribution in [-0.4, -0.2) is 55.2 Å². The number of Topliss-reactive ketones (excluding diaryl/α,β-unsaturated/α-hetero) is 1. The molecule has 1 aromatic heterocycles. The standard InChI is InChI=1S/C20H23N3O3S/c1-15-5-2-3-7-17(15)22-8-10-23(11-9-22)19(25)14-21-20(26)18(24)13-16-6-4-12-27-16/h2-7,12H,8-11,13-14H2,1H3,(H,21,26). The quantitative estimate of drug-likeness (QED) is 0.768. The lowest BCUT2D eigenvalue weighted by molar-refractivity contribution is -0.139. The fourth-order valence-electron chi connectivity index (χ4n) is 3.13. The Balaban J connectivity index is 1.43. The van der Waals surface area contributed by atoms with E-state index in [9.17, 15) is 14.4 Å². The smallest absolute Gasteiger partial charge is 0.288 e. The van der Waals surface area contributed by atoms with Gasteiger partial charge < -0.3 is 15.1 Å². The molecule has 0 radical (unpaired) electrons. The minimum atomic E-state index is -0.699. The first-order chi connectivity index (χ1) is 13.0. The zero-order valence-electron chi connectivity index (χ0n) is 15.3. The number of carbonyl (C=O) groups is 3. The van der Waals surface area contributed by atoms with Gasteiger partial charge in [-0.1, -0.05) is 24.3 Å². The molecule has 1 N–H and O–H groups in total. The van der Waals surface area contributed by atoms with Gasteiger partial charge in [0.25, 0.3) is 5.91 Å². The normalized spacial score (nSPS) is 14.1. The number of thiophene rings is 1. The van der Waals surface area contributed by atoms with Crippen molar-refractivity contribution >= 4 is 34.6 Å². The second-order valence-corrected chi connectivity index (χ2v) is 7.55. The molecule has 0 atom stereocenters. The van der Waals surface area contributed by atoms with Crippen LogP contribution in [0.2, 0.25) is 0 Å². The molecule has 1 aliphatic heterocycles. The van der Waals surface area contributed by atoms with E-state index in [4.69, 9.17) is 0 Å². The molecule has 1 saturated heterocycles. The van der Waals surface area contributed by atoms with Crippen LogP contribution in [0.5, 0.6) is 0 Å². The predicted molar refractivity (Wildman–Crippen MR) is 106 cm³/mol. The second-order valence-electron chi connectivity index (χ2n) is 6.52. The van der Waals surface area contributed by atoms with Crippen molar-refractivity contribution in [2.45, 2.75) is 13.3 Å². The Labute approximate surface area is 162 Å². The summed E-state index contributed by atoms with van der Waals surface area (Å²) in [6, 6.07) is 11.9. The summed E-state index contributed by atoms with van der Waals surface area (Å²) in [5, 5.41) is 4.32. The first-order valence-electron chi connectivity index (χ1n) is 8.96. The van der Waals surface area contributed by atoms with Gasteiger partial charge in [-0.3, -0.25) is 14.4 Å². The topological polar surface area (TPSA) is 69.7 Å². The Kier molecular flexibility index (Phi) is 6.24. The number of hydrogen-bond acceptors (Lipinski definition) is 5. The van der Waals surface area contributed by atoms with E-state index in [1.54, 1.807) is 4.90 Å². The van der Waals surface area contributed by atoms with Gasteiger partial charge in [-0.25, -0.2) is 0 Å². The van der Waals surface area contributed by atoms with Crippen molar-refractivity contribution in [3.63, 3.8) is 0 Å². The highest BCUT2D eigenvalue weighted by atomic mass is 32.1. The molecule has 2 heterocycles. The van der Waals surface area contributed by atoms with Crippen LogP contribution in [0.15, 0.2) is 41.8 Å². The van der Waals surface area contributed by atoms with Crippen molar-refractivity contribution in [3.8, 4) is 0 Å². The molecule has 1 fully saturated rings.